The van der Waals surface area contributed by atoms with Gasteiger partial charge < -0.3 is 5.11 Å². The Morgan fingerprint density at radius 1 is 1.22 bits per heavy atom. The number of hydrogen-bond donors (Lipinski definition) is 2. The standard InChI is InChI=1S/C17H16Cl2N2O2/c1-10(2)11-3-5-12(6-4-11)17(23)21-20-9-13-7-14(18)8-15(19)16(13)22/h3-10,22H,1-2H3,(H,21,23)/b20-9+. The van der Waals surface area contributed by atoms with Gasteiger partial charge in [-0.3, -0.25) is 4.79 Å². The molecule has 6 heteroatoms. The molecule has 0 saturated heterocycles. The van der Waals surface area contributed by atoms with Gasteiger partial charge in [-0.1, -0.05) is 49.2 Å². The fraction of sp³-hybridized carbons (Fsp3) is 0.176. The number of nitrogens with one attached hydrogen (secondary N) is 1. The first-order valence-electron chi connectivity index (χ1n) is 7.00. The van der Waals surface area contributed by atoms with Crippen molar-refractivity contribution in [3.63, 3.8) is 0 Å². The quantitative estimate of drug-likeness (QED) is 0.625. The van der Waals surface area contributed by atoms with Gasteiger partial charge in [0.25, 0.3) is 5.91 Å². The molecule has 23 heavy (non-hydrogen) atoms. The molecular formula is C17H16Cl2N2O2. The molecule has 120 valence electrons. The van der Waals surface area contributed by atoms with E-state index in [-0.39, 0.29) is 16.7 Å². The molecule has 0 spiro atoms. The molecule has 0 atom stereocenters. The zero-order chi connectivity index (χ0) is 17.0. The van der Waals surface area contributed by atoms with Crippen molar-refractivity contribution >= 4 is 35.3 Å². The van der Waals surface area contributed by atoms with Crippen molar-refractivity contribution in [2.24, 2.45) is 5.10 Å². The maximum atomic E-state index is 12.0. The molecule has 2 N–H and O–H groups in total. The van der Waals surface area contributed by atoms with E-state index in [4.69, 9.17) is 23.2 Å². The predicted molar refractivity (Wildman–Crippen MR) is 93.7 cm³/mol. The van der Waals surface area contributed by atoms with Gasteiger partial charge in [0.1, 0.15) is 5.75 Å². The fourth-order valence-corrected chi connectivity index (χ4v) is 2.44. The van der Waals surface area contributed by atoms with Crippen LogP contribution in [0.25, 0.3) is 0 Å². The van der Waals surface area contributed by atoms with Gasteiger partial charge >= 0.3 is 0 Å². The van der Waals surface area contributed by atoms with Crippen molar-refractivity contribution in [1.29, 1.82) is 0 Å². The van der Waals surface area contributed by atoms with Crippen molar-refractivity contribution < 1.29 is 9.90 Å². The number of benzene rings is 2. The van der Waals surface area contributed by atoms with Gasteiger partial charge in [0.05, 0.1) is 11.2 Å². The maximum absolute atomic E-state index is 12.0. The number of carbonyl (C=O) groups is 1. The van der Waals surface area contributed by atoms with Crippen LogP contribution in [-0.2, 0) is 0 Å². The Morgan fingerprint density at radius 2 is 1.87 bits per heavy atom. The summed E-state index contributed by atoms with van der Waals surface area (Å²) in [5.74, 6) is -0.0831. The van der Waals surface area contributed by atoms with Crippen LogP contribution in [0.15, 0.2) is 41.5 Å². The number of nitrogens with zero attached hydrogens (tertiary/aromatic N) is 1. The summed E-state index contributed by atoms with van der Waals surface area (Å²) in [6.07, 6.45) is 1.29. The summed E-state index contributed by atoms with van der Waals surface area (Å²) in [6, 6.07) is 10.2. The molecule has 4 nitrogen and oxygen atoms in total. The molecule has 0 aromatic heterocycles. The first-order valence-corrected chi connectivity index (χ1v) is 7.75. The van der Waals surface area contributed by atoms with E-state index in [9.17, 15) is 9.90 Å². The molecule has 2 aromatic carbocycles. The van der Waals surface area contributed by atoms with Crippen molar-refractivity contribution in [3.05, 3.63) is 63.1 Å². The Balaban J connectivity index is 2.07. The SMILES string of the molecule is CC(C)c1ccc(C(=O)N/N=C/c2cc(Cl)cc(Cl)c2O)cc1. The van der Waals surface area contributed by atoms with Crippen LogP contribution in [0.1, 0.15) is 41.3 Å². The van der Waals surface area contributed by atoms with E-state index in [0.29, 0.717) is 22.1 Å². The highest BCUT2D eigenvalue weighted by Crippen LogP contribution is 2.29. The number of carbonyl (C=O) groups excluding carboxylic acids is 1. The smallest absolute Gasteiger partial charge is 0.271 e. The van der Waals surface area contributed by atoms with Crippen molar-refractivity contribution in [2.75, 3.05) is 0 Å². The fourth-order valence-electron chi connectivity index (χ4n) is 1.93. The second kappa shape index (κ2) is 7.49. The second-order valence-electron chi connectivity index (χ2n) is 5.30. The van der Waals surface area contributed by atoms with Gasteiger partial charge in [0, 0.05) is 16.1 Å². The summed E-state index contributed by atoms with van der Waals surface area (Å²) in [7, 11) is 0. The molecule has 0 aliphatic carbocycles. The molecule has 1 amide bonds. The van der Waals surface area contributed by atoms with Gasteiger partial charge in [0.15, 0.2) is 0 Å². The van der Waals surface area contributed by atoms with Crippen LogP contribution in [-0.4, -0.2) is 17.2 Å². The second-order valence-corrected chi connectivity index (χ2v) is 6.14. The predicted octanol–water partition coefficient (Wildman–Crippen LogP) is 4.59. The van der Waals surface area contributed by atoms with Gasteiger partial charge in [-0.25, -0.2) is 5.43 Å². The minimum Gasteiger partial charge on any atom is -0.506 e. The first kappa shape index (κ1) is 17.3. The average molecular weight is 351 g/mol. The lowest BCUT2D eigenvalue weighted by Crippen LogP contribution is -2.17. The maximum Gasteiger partial charge on any atom is 0.271 e. The van der Waals surface area contributed by atoms with Gasteiger partial charge in [-0.15, -0.1) is 0 Å². The van der Waals surface area contributed by atoms with Crippen LogP contribution in [0.4, 0.5) is 0 Å². The number of hydrazone groups is 1. The minimum atomic E-state index is -0.343. The third-order valence-corrected chi connectivity index (χ3v) is 3.77. The van der Waals surface area contributed by atoms with E-state index >= 15 is 0 Å². The van der Waals surface area contributed by atoms with E-state index in [2.05, 4.69) is 24.4 Å². The van der Waals surface area contributed by atoms with Gasteiger partial charge in [-0.05, 0) is 35.7 Å². The van der Waals surface area contributed by atoms with Crippen molar-refractivity contribution in [2.45, 2.75) is 19.8 Å². The lowest BCUT2D eigenvalue weighted by Gasteiger charge is -2.06. The normalized spacial score (nSPS) is 11.2. The Bertz CT molecular complexity index is 741. The topological polar surface area (TPSA) is 61.7 Å². The largest absolute Gasteiger partial charge is 0.506 e. The number of rotatable bonds is 4. The number of amides is 1. The summed E-state index contributed by atoms with van der Waals surface area (Å²) < 4.78 is 0. The van der Waals surface area contributed by atoms with Crippen LogP contribution < -0.4 is 5.43 Å². The van der Waals surface area contributed by atoms with Crippen LogP contribution >= 0.6 is 23.2 Å². The molecule has 0 aliphatic rings. The van der Waals surface area contributed by atoms with Crippen molar-refractivity contribution in [1.82, 2.24) is 5.43 Å². The summed E-state index contributed by atoms with van der Waals surface area (Å²) in [4.78, 5) is 12.0. The number of hydrogen-bond acceptors (Lipinski definition) is 3. The molecule has 0 fully saturated rings. The Labute approximate surface area is 144 Å². The Hall–Kier alpha value is -2.04. The number of aromatic hydroxyl groups is 1. The highest BCUT2D eigenvalue weighted by Gasteiger charge is 2.07. The Morgan fingerprint density at radius 3 is 2.48 bits per heavy atom. The van der Waals surface area contributed by atoms with Crippen molar-refractivity contribution in [3.8, 4) is 5.75 Å². The molecular weight excluding hydrogens is 335 g/mol. The highest BCUT2D eigenvalue weighted by molar-refractivity contribution is 6.36. The minimum absolute atomic E-state index is 0.120. The monoisotopic (exact) mass is 350 g/mol. The third-order valence-electron chi connectivity index (χ3n) is 3.27. The molecule has 2 rings (SSSR count). The van der Waals surface area contributed by atoms with Crippen LogP contribution in [0, 0.1) is 0 Å². The number of halogens is 2. The van der Waals surface area contributed by atoms with E-state index in [0.717, 1.165) is 5.56 Å². The summed E-state index contributed by atoms with van der Waals surface area (Å²) >= 11 is 11.7. The van der Waals surface area contributed by atoms with Crippen LogP contribution in [0.3, 0.4) is 0 Å². The zero-order valence-corrected chi connectivity index (χ0v) is 14.2. The van der Waals surface area contributed by atoms with E-state index < -0.39 is 0 Å². The lowest BCUT2D eigenvalue weighted by atomic mass is 10.0. The Kier molecular flexibility index (Phi) is 5.64. The molecule has 0 aliphatic heterocycles. The summed E-state index contributed by atoms with van der Waals surface area (Å²) in [5, 5.41) is 14.1. The van der Waals surface area contributed by atoms with E-state index in [1.165, 1.54) is 18.3 Å². The molecule has 0 heterocycles. The zero-order valence-electron chi connectivity index (χ0n) is 12.7. The molecule has 0 saturated carbocycles. The molecule has 0 bridgehead atoms. The molecule has 0 radical (unpaired) electrons. The van der Waals surface area contributed by atoms with Crippen LogP contribution in [0.2, 0.25) is 10.0 Å². The number of phenols is 1. The lowest BCUT2D eigenvalue weighted by molar-refractivity contribution is 0.0955. The molecule has 2 aromatic rings. The first-order chi connectivity index (χ1) is 10.9. The summed E-state index contributed by atoms with van der Waals surface area (Å²) in [6.45, 7) is 4.17. The van der Waals surface area contributed by atoms with Crippen LogP contribution in [0.5, 0.6) is 5.75 Å². The highest BCUT2D eigenvalue weighted by atomic mass is 35.5. The third kappa shape index (κ3) is 4.47. The van der Waals surface area contributed by atoms with E-state index in [1.54, 1.807) is 12.1 Å². The number of phenolic OH excluding ortho intramolecular Hbond substituents is 1. The average Bonchev–Trinajstić information content (AvgIpc) is 2.51. The van der Waals surface area contributed by atoms with Gasteiger partial charge in [-0.2, -0.15) is 5.10 Å². The molecule has 0 unspecified atom stereocenters. The van der Waals surface area contributed by atoms with Gasteiger partial charge in [0.2, 0.25) is 0 Å². The van der Waals surface area contributed by atoms with E-state index in [1.807, 2.05) is 12.1 Å². The summed E-state index contributed by atoms with van der Waals surface area (Å²) in [5.41, 5.74) is 4.37.